The van der Waals surface area contributed by atoms with E-state index in [9.17, 15) is 9.59 Å². The van der Waals surface area contributed by atoms with Crippen LogP contribution in [0.25, 0.3) is 0 Å². The summed E-state index contributed by atoms with van der Waals surface area (Å²) in [6, 6.07) is 0.120. The number of carbonyl (C=O) groups is 1. The van der Waals surface area contributed by atoms with Crippen molar-refractivity contribution in [3.8, 4) is 0 Å². The van der Waals surface area contributed by atoms with E-state index >= 15 is 0 Å². The van der Waals surface area contributed by atoms with Gasteiger partial charge in [0.15, 0.2) is 0 Å². The third-order valence-corrected chi connectivity index (χ3v) is 4.50. The number of aromatic nitrogens is 2. The lowest BCUT2D eigenvalue weighted by Crippen LogP contribution is -2.48. The van der Waals surface area contributed by atoms with Gasteiger partial charge in [-0.25, -0.2) is 9.78 Å². The van der Waals surface area contributed by atoms with Crippen LogP contribution in [-0.4, -0.2) is 45.1 Å². The fraction of sp³-hybridized carbons (Fsp3) is 0.643. The number of fused-ring (bicyclic) bond motifs is 1. The van der Waals surface area contributed by atoms with Crippen LogP contribution in [0.3, 0.4) is 0 Å². The Morgan fingerprint density at radius 3 is 3.00 bits per heavy atom. The van der Waals surface area contributed by atoms with Gasteiger partial charge in [-0.05, 0) is 19.1 Å². The van der Waals surface area contributed by atoms with Crippen molar-refractivity contribution >= 4 is 17.8 Å². The molecule has 21 heavy (non-hydrogen) atoms. The molecule has 0 radical (unpaired) electrons. The van der Waals surface area contributed by atoms with Crippen molar-refractivity contribution < 1.29 is 4.79 Å². The molecule has 2 heterocycles. The minimum atomic E-state index is -0.0657. The van der Waals surface area contributed by atoms with Gasteiger partial charge in [-0.1, -0.05) is 6.92 Å². The molecule has 7 heteroatoms. The Hall–Kier alpha value is -1.50. The second kappa shape index (κ2) is 6.98. The molecule has 1 N–H and O–H groups in total. The van der Waals surface area contributed by atoms with Crippen LogP contribution in [0.5, 0.6) is 0 Å². The Bertz CT molecular complexity index is 573. The molecule has 0 saturated carbocycles. The molecule has 2 rings (SSSR count). The monoisotopic (exact) mass is 310 g/mol. The second-order valence-corrected chi connectivity index (χ2v) is 6.18. The molecule has 2 amide bonds. The van der Waals surface area contributed by atoms with Gasteiger partial charge in [0.05, 0.1) is 18.6 Å². The number of carbonyl (C=O) groups excluding carboxylic acids is 1. The van der Waals surface area contributed by atoms with E-state index in [4.69, 9.17) is 0 Å². The number of thioether (sulfide) groups is 1. The molecule has 0 saturated heterocycles. The highest BCUT2D eigenvalue weighted by atomic mass is 32.2. The zero-order chi connectivity index (χ0) is 15.4. The molecule has 1 atom stereocenters. The Balaban J connectivity index is 2.06. The first-order chi connectivity index (χ1) is 10.1. The highest BCUT2D eigenvalue weighted by Gasteiger charge is 2.25. The van der Waals surface area contributed by atoms with Gasteiger partial charge < -0.3 is 14.8 Å². The Morgan fingerprint density at radius 1 is 1.57 bits per heavy atom. The lowest BCUT2D eigenvalue weighted by molar-refractivity contribution is 0.187. The fourth-order valence-corrected chi connectivity index (χ4v) is 3.14. The molecule has 0 aromatic carbocycles. The van der Waals surface area contributed by atoms with Crippen LogP contribution < -0.4 is 10.9 Å². The summed E-state index contributed by atoms with van der Waals surface area (Å²) < 4.78 is 1.49. The van der Waals surface area contributed by atoms with E-state index in [2.05, 4.69) is 17.2 Å². The van der Waals surface area contributed by atoms with Gasteiger partial charge in [0.25, 0.3) is 5.56 Å². The first-order valence-electron chi connectivity index (χ1n) is 7.14. The van der Waals surface area contributed by atoms with Crippen LogP contribution >= 0.6 is 11.8 Å². The van der Waals surface area contributed by atoms with Crippen LogP contribution in [0.15, 0.2) is 11.1 Å². The lowest BCUT2D eigenvalue weighted by Gasteiger charge is -2.29. The number of amides is 2. The number of urea groups is 1. The SMILES string of the molecule is CCC(CSC)NC(=O)N1CCc2c(ncn(C)c2=O)C1. The Labute approximate surface area is 128 Å². The van der Waals surface area contributed by atoms with E-state index < -0.39 is 0 Å². The van der Waals surface area contributed by atoms with Crippen molar-refractivity contribution in [1.29, 1.82) is 0 Å². The molecule has 6 nitrogen and oxygen atoms in total. The standard InChI is InChI=1S/C14H22N4O2S/c1-4-10(8-21-3)16-14(20)18-6-5-11-12(7-18)15-9-17(2)13(11)19/h9-10H,4-8H2,1-3H3,(H,16,20). The zero-order valence-electron chi connectivity index (χ0n) is 12.8. The fourth-order valence-electron chi connectivity index (χ4n) is 2.42. The van der Waals surface area contributed by atoms with Crippen molar-refractivity contribution in [1.82, 2.24) is 19.8 Å². The topological polar surface area (TPSA) is 67.2 Å². The van der Waals surface area contributed by atoms with Crippen molar-refractivity contribution in [2.45, 2.75) is 32.4 Å². The molecular weight excluding hydrogens is 288 g/mol. The maximum atomic E-state index is 12.3. The molecule has 0 aliphatic carbocycles. The minimum absolute atomic E-state index is 0.00567. The van der Waals surface area contributed by atoms with E-state index in [0.717, 1.165) is 23.4 Å². The zero-order valence-corrected chi connectivity index (χ0v) is 13.6. The van der Waals surface area contributed by atoms with E-state index in [0.29, 0.717) is 19.5 Å². The first-order valence-corrected chi connectivity index (χ1v) is 8.54. The largest absolute Gasteiger partial charge is 0.334 e. The summed E-state index contributed by atoms with van der Waals surface area (Å²) in [5.74, 6) is 0.908. The van der Waals surface area contributed by atoms with Crippen molar-refractivity contribution in [2.24, 2.45) is 7.05 Å². The smallest absolute Gasteiger partial charge is 0.318 e. The summed E-state index contributed by atoms with van der Waals surface area (Å²) in [7, 11) is 1.70. The van der Waals surface area contributed by atoms with Crippen molar-refractivity contribution in [2.75, 3.05) is 18.6 Å². The lowest BCUT2D eigenvalue weighted by atomic mass is 10.1. The number of hydrogen-bond donors (Lipinski definition) is 1. The number of hydrogen-bond acceptors (Lipinski definition) is 4. The quantitative estimate of drug-likeness (QED) is 0.900. The van der Waals surface area contributed by atoms with Gasteiger partial charge in [0.2, 0.25) is 0 Å². The predicted octanol–water partition coefficient (Wildman–Crippen LogP) is 0.990. The summed E-state index contributed by atoms with van der Waals surface area (Å²) in [6.07, 6.45) is 5.04. The van der Waals surface area contributed by atoms with Crippen molar-refractivity contribution in [3.05, 3.63) is 27.9 Å². The number of aryl methyl sites for hydroxylation is 1. The summed E-state index contributed by atoms with van der Waals surface area (Å²) in [4.78, 5) is 30.3. The maximum Gasteiger partial charge on any atom is 0.318 e. The van der Waals surface area contributed by atoms with Gasteiger partial charge in [-0.15, -0.1) is 0 Å². The summed E-state index contributed by atoms with van der Waals surface area (Å²) in [6.45, 7) is 3.04. The van der Waals surface area contributed by atoms with Gasteiger partial charge in [0.1, 0.15) is 0 Å². The molecule has 0 fully saturated rings. The average molecular weight is 310 g/mol. The van der Waals surface area contributed by atoms with Crippen molar-refractivity contribution in [3.63, 3.8) is 0 Å². The van der Waals surface area contributed by atoms with Crippen LogP contribution in [0, 0.1) is 0 Å². The van der Waals surface area contributed by atoms with Gasteiger partial charge in [-0.2, -0.15) is 11.8 Å². The third-order valence-electron chi connectivity index (χ3n) is 3.76. The summed E-state index contributed by atoms with van der Waals surface area (Å²) >= 11 is 1.73. The second-order valence-electron chi connectivity index (χ2n) is 5.27. The molecular formula is C14H22N4O2S. The van der Waals surface area contributed by atoms with E-state index in [1.165, 1.54) is 10.9 Å². The molecule has 1 aliphatic heterocycles. The van der Waals surface area contributed by atoms with Crippen LogP contribution in [0.4, 0.5) is 4.79 Å². The minimum Gasteiger partial charge on any atom is -0.334 e. The van der Waals surface area contributed by atoms with E-state index in [1.807, 2.05) is 6.26 Å². The molecule has 1 aromatic heterocycles. The molecule has 0 bridgehead atoms. The molecule has 0 spiro atoms. The van der Waals surface area contributed by atoms with Gasteiger partial charge in [0, 0.05) is 31.0 Å². The molecule has 1 aliphatic rings. The normalized spacial score (nSPS) is 15.5. The average Bonchev–Trinajstić information content (AvgIpc) is 2.50. The predicted molar refractivity (Wildman–Crippen MR) is 84.6 cm³/mol. The van der Waals surface area contributed by atoms with E-state index in [-0.39, 0.29) is 17.6 Å². The number of rotatable bonds is 4. The van der Waals surface area contributed by atoms with Gasteiger partial charge in [-0.3, -0.25) is 4.79 Å². The maximum absolute atomic E-state index is 12.3. The van der Waals surface area contributed by atoms with E-state index in [1.54, 1.807) is 23.7 Å². The Kier molecular flexibility index (Phi) is 5.27. The Morgan fingerprint density at radius 2 is 2.33 bits per heavy atom. The number of nitrogens with one attached hydrogen (secondary N) is 1. The summed E-state index contributed by atoms with van der Waals surface area (Å²) in [5.41, 5.74) is 1.45. The first kappa shape index (κ1) is 15.9. The van der Waals surface area contributed by atoms with Crippen LogP contribution in [0.2, 0.25) is 0 Å². The van der Waals surface area contributed by atoms with Crippen LogP contribution in [-0.2, 0) is 20.0 Å². The third kappa shape index (κ3) is 3.58. The summed E-state index contributed by atoms with van der Waals surface area (Å²) in [5, 5.41) is 3.05. The van der Waals surface area contributed by atoms with Gasteiger partial charge >= 0.3 is 6.03 Å². The molecule has 1 unspecified atom stereocenters. The molecule has 116 valence electrons. The highest BCUT2D eigenvalue weighted by molar-refractivity contribution is 7.98. The number of nitrogens with zero attached hydrogens (tertiary/aromatic N) is 3. The van der Waals surface area contributed by atoms with Crippen LogP contribution in [0.1, 0.15) is 24.6 Å². The molecule has 1 aromatic rings. The highest BCUT2D eigenvalue weighted by Crippen LogP contribution is 2.13.